The van der Waals surface area contributed by atoms with E-state index in [0.717, 1.165) is 71.2 Å². The number of carbonyl (C=O) groups excluding carboxylic acids is 1. The lowest BCUT2D eigenvalue weighted by Gasteiger charge is -2.54. The Labute approximate surface area is 300 Å². The lowest BCUT2D eigenvalue weighted by molar-refractivity contribution is -0.0269. The van der Waals surface area contributed by atoms with Gasteiger partial charge in [0.15, 0.2) is 11.6 Å². The fourth-order valence-corrected chi connectivity index (χ4v) is 8.72. The standard InChI is InChI=1S/C36H49FN8O5S/c1-24(2)44(25(3)4)35(46)31-15-26(37)5-10-32(31)50-33-17-38-23-39-34(33)42-21-36(22-42)11-13-41(14-12-36)19-30-9-8-28(20-49-30)45(51(47)48)29-16-40-43(18-29)27-6-7-27/h5,10,15-18,23-25,27-28,30,51H,6-9,11-14,19-22H2,1-4H3/t28-,30+/m1/s1. The molecule has 0 radical (unpaired) electrons. The maximum Gasteiger partial charge on any atom is 0.258 e. The molecule has 1 saturated carbocycles. The Balaban J connectivity index is 0.920. The molecule has 4 fully saturated rings. The van der Waals surface area contributed by atoms with Crippen molar-refractivity contribution in [3.8, 4) is 11.5 Å². The van der Waals surface area contributed by atoms with E-state index in [-0.39, 0.29) is 46.9 Å². The highest BCUT2D eigenvalue weighted by Crippen LogP contribution is 2.45. The Bertz CT molecular complexity index is 1760. The van der Waals surface area contributed by atoms with Crippen LogP contribution in [-0.2, 0) is 15.6 Å². The van der Waals surface area contributed by atoms with Crippen molar-refractivity contribution in [2.45, 2.75) is 96.5 Å². The number of hydrogen-bond acceptors (Lipinski definition) is 10. The summed E-state index contributed by atoms with van der Waals surface area (Å²) in [5, 5.41) is 4.38. The Kier molecular flexibility index (Phi) is 10.2. The molecule has 3 saturated heterocycles. The van der Waals surface area contributed by atoms with E-state index in [1.807, 2.05) is 38.6 Å². The Morgan fingerprint density at radius 2 is 1.80 bits per heavy atom. The van der Waals surface area contributed by atoms with Crippen LogP contribution in [-0.4, -0.2) is 107 Å². The van der Waals surface area contributed by atoms with E-state index >= 15 is 0 Å². The minimum absolute atomic E-state index is 0.0713. The van der Waals surface area contributed by atoms with Crippen LogP contribution in [0.1, 0.15) is 82.6 Å². The monoisotopic (exact) mass is 724 g/mol. The van der Waals surface area contributed by atoms with E-state index in [4.69, 9.17) is 9.47 Å². The fraction of sp³-hybridized carbons (Fsp3) is 0.611. The molecule has 15 heteroatoms. The summed E-state index contributed by atoms with van der Waals surface area (Å²) in [6.45, 7) is 12.6. The number of rotatable bonds is 12. The molecular weight excluding hydrogens is 676 g/mol. The molecule has 4 aliphatic rings. The number of likely N-dealkylation sites (tertiary alicyclic amines) is 1. The molecule has 7 rings (SSSR count). The fourth-order valence-electron chi connectivity index (χ4n) is 7.98. The third kappa shape index (κ3) is 7.70. The number of hydrogen-bond donors (Lipinski definition) is 1. The van der Waals surface area contributed by atoms with Crippen molar-refractivity contribution in [3.63, 3.8) is 0 Å². The smallest absolute Gasteiger partial charge is 0.258 e. The number of thiol groups is 1. The van der Waals surface area contributed by atoms with Gasteiger partial charge in [0.05, 0.1) is 48.4 Å². The van der Waals surface area contributed by atoms with Crippen LogP contribution in [0.25, 0.3) is 0 Å². The molecule has 276 valence electrons. The topological polar surface area (TPSA) is 126 Å². The van der Waals surface area contributed by atoms with Crippen molar-refractivity contribution in [1.29, 1.82) is 0 Å². The first-order valence-corrected chi connectivity index (χ1v) is 19.3. The summed E-state index contributed by atoms with van der Waals surface area (Å²) in [7, 11) is -2.79. The molecule has 1 amide bonds. The molecule has 0 unspecified atom stereocenters. The van der Waals surface area contributed by atoms with Crippen LogP contribution >= 0.6 is 0 Å². The Morgan fingerprint density at radius 3 is 2.45 bits per heavy atom. The average Bonchev–Trinajstić information content (AvgIpc) is 3.83. The third-order valence-electron chi connectivity index (χ3n) is 10.8. The van der Waals surface area contributed by atoms with Crippen molar-refractivity contribution >= 4 is 28.3 Å². The highest BCUT2D eigenvalue weighted by Gasteiger charge is 2.46. The molecule has 0 bridgehead atoms. The van der Waals surface area contributed by atoms with Crippen molar-refractivity contribution in [2.75, 3.05) is 48.5 Å². The SMILES string of the molecule is CC(C)N(C(=O)c1cc(F)ccc1Oc1cncnc1N1CC2(CCN(C[C@@H]3CC[C@@H](N(c4cnn(C5CC5)c4)[SH](=O)=O)CO3)CC2)C1)C(C)C. The first-order valence-electron chi connectivity index (χ1n) is 18.2. The number of anilines is 2. The number of carbonyl (C=O) groups is 1. The summed E-state index contributed by atoms with van der Waals surface area (Å²) in [5.74, 6) is 0.553. The predicted octanol–water partition coefficient (Wildman–Crippen LogP) is 4.68. The molecule has 5 heterocycles. The summed E-state index contributed by atoms with van der Waals surface area (Å²) in [4.78, 5) is 28.7. The van der Waals surface area contributed by atoms with E-state index < -0.39 is 16.7 Å². The van der Waals surface area contributed by atoms with Crippen LogP contribution in [0.15, 0.2) is 43.1 Å². The van der Waals surface area contributed by atoms with Gasteiger partial charge in [0, 0.05) is 43.3 Å². The largest absolute Gasteiger partial charge is 0.451 e. The van der Waals surface area contributed by atoms with Crippen LogP contribution in [0.5, 0.6) is 11.5 Å². The van der Waals surface area contributed by atoms with E-state index in [1.54, 1.807) is 17.3 Å². The first-order chi connectivity index (χ1) is 24.5. The van der Waals surface area contributed by atoms with Crippen molar-refractivity contribution in [2.24, 2.45) is 5.41 Å². The molecule has 1 aliphatic carbocycles. The highest BCUT2D eigenvalue weighted by molar-refractivity contribution is 7.74. The summed E-state index contributed by atoms with van der Waals surface area (Å²) in [6.07, 6.45) is 12.5. The second-order valence-corrected chi connectivity index (χ2v) is 16.1. The first kappa shape index (κ1) is 35.6. The molecule has 51 heavy (non-hydrogen) atoms. The quantitative estimate of drug-likeness (QED) is 0.263. The van der Waals surface area contributed by atoms with Crippen molar-refractivity contribution in [1.82, 2.24) is 29.5 Å². The van der Waals surface area contributed by atoms with Gasteiger partial charge in [0.25, 0.3) is 5.91 Å². The second-order valence-electron chi connectivity index (χ2n) is 15.2. The molecule has 1 spiro atoms. The van der Waals surface area contributed by atoms with E-state index in [9.17, 15) is 17.6 Å². The predicted molar refractivity (Wildman–Crippen MR) is 191 cm³/mol. The number of piperidine rings is 1. The van der Waals surface area contributed by atoms with E-state index in [0.29, 0.717) is 29.9 Å². The number of halogens is 1. The molecular formula is C36H49FN8O5S. The molecule has 0 N–H and O–H groups in total. The van der Waals surface area contributed by atoms with Crippen LogP contribution in [0, 0.1) is 11.2 Å². The lowest BCUT2D eigenvalue weighted by atomic mass is 9.72. The van der Waals surface area contributed by atoms with Gasteiger partial charge >= 0.3 is 0 Å². The summed E-state index contributed by atoms with van der Waals surface area (Å²) >= 11 is 0. The minimum atomic E-state index is -2.79. The van der Waals surface area contributed by atoms with Gasteiger partial charge in [0.1, 0.15) is 17.9 Å². The maximum atomic E-state index is 14.4. The van der Waals surface area contributed by atoms with E-state index in [2.05, 4.69) is 24.9 Å². The van der Waals surface area contributed by atoms with Gasteiger partial charge < -0.3 is 24.2 Å². The summed E-state index contributed by atoms with van der Waals surface area (Å²) in [5.41, 5.74) is 0.960. The minimum Gasteiger partial charge on any atom is -0.451 e. The highest BCUT2D eigenvalue weighted by atomic mass is 32.2. The van der Waals surface area contributed by atoms with E-state index in [1.165, 1.54) is 28.8 Å². The maximum absolute atomic E-state index is 14.4. The van der Waals surface area contributed by atoms with Crippen molar-refractivity contribution < 1.29 is 27.1 Å². The number of amides is 1. The molecule has 13 nitrogen and oxygen atoms in total. The van der Waals surface area contributed by atoms with Crippen LogP contribution in [0.3, 0.4) is 0 Å². The van der Waals surface area contributed by atoms with Gasteiger partial charge in [0.2, 0.25) is 10.9 Å². The number of aromatic nitrogens is 4. The summed E-state index contributed by atoms with van der Waals surface area (Å²) in [6, 6.07) is 4.06. The molecule has 2 atom stereocenters. The van der Waals surface area contributed by atoms with Gasteiger partial charge in [-0.3, -0.25) is 13.8 Å². The van der Waals surface area contributed by atoms with Crippen LogP contribution in [0.2, 0.25) is 0 Å². The Morgan fingerprint density at radius 1 is 1.06 bits per heavy atom. The number of nitrogens with zero attached hydrogens (tertiary/aromatic N) is 8. The zero-order valence-electron chi connectivity index (χ0n) is 29.9. The van der Waals surface area contributed by atoms with Crippen molar-refractivity contribution in [3.05, 3.63) is 54.5 Å². The number of ether oxygens (including phenoxy) is 2. The third-order valence-corrected chi connectivity index (χ3v) is 11.7. The molecule has 2 aromatic heterocycles. The van der Waals surface area contributed by atoms with Gasteiger partial charge in [-0.2, -0.15) is 5.10 Å². The van der Waals surface area contributed by atoms with Crippen LogP contribution < -0.4 is 13.9 Å². The van der Waals surface area contributed by atoms with Crippen LogP contribution in [0.4, 0.5) is 15.9 Å². The zero-order valence-corrected chi connectivity index (χ0v) is 30.8. The second kappa shape index (κ2) is 14.7. The van der Waals surface area contributed by atoms with Gasteiger partial charge in [-0.05, 0) is 97.5 Å². The summed E-state index contributed by atoms with van der Waals surface area (Å²) < 4.78 is 54.7. The average molecular weight is 725 g/mol. The molecule has 3 aromatic rings. The molecule has 3 aliphatic heterocycles. The molecule has 1 aromatic carbocycles. The Hall–Kier alpha value is -3.82. The van der Waals surface area contributed by atoms with Gasteiger partial charge in [-0.15, -0.1) is 0 Å². The number of benzene rings is 1. The normalized spacial score (nSPS) is 22.1. The lowest BCUT2D eigenvalue weighted by Crippen LogP contribution is -2.61. The van der Waals surface area contributed by atoms with Gasteiger partial charge in [-0.25, -0.2) is 22.8 Å². The van der Waals surface area contributed by atoms with Gasteiger partial charge in [-0.1, -0.05) is 0 Å². The zero-order chi connectivity index (χ0) is 35.9.